The third-order valence-electron chi connectivity index (χ3n) is 3.56. The van der Waals surface area contributed by atoms with E-state index in [1.807, 2.05) is 41.1 Å². The van der Waals surface area contributed by atoms with Crippen molar-refractivity contribution in [2.75, 3.05) is 6.54 Å². The molecule has 0 aliphatic carbocycles. The first-order valence-corrected chi connectivity index (χ1v) is 8.56. The second-order valence-electron chi connectivity index (χ2n) is 5.54. The maximum atomic E-state index is 11.9. The second kappa shape index (κ2) is 7.77. The summed E-state index contributed by atoms with van der Waals surface area (Å²) in [7, 11) is 0. The maximum absolute atomic E-state index is 11.9. The number of aryl methyl sites for hydroxylation is 1. The van der Waals surface area contributed by atoms with E-state index in [0.29, 0.717) is 6.42 Å². The van der Waals surface area contributed by atoms with Crippen LogP contribution in [0.15, 0.2) is 41.1 Å². The number of rotatable bonds is 7. The predicted octanol–water partition coefficient (Wildman–Crippen LogP) is 3.75. The number of halogens is 1. The van der Waals surface area contributed by atoms with Crippen LogP contribution < -0.4 is 5.32 Å². The van der Waals surface area contributed by atoms with Crippen molar-refractivity contribution < 1.29 is 9.90 Å². The fraction of sp³-hybridized carbons (Fsp3) is 0.353. The SMILES string of the molecule is CC(O)(CNC(=O)CCCc1ccc(Cl)cc1)c1ccsc1. The highest BCUT2D eigenvalue weighted by atomic mass is 35.5. The zero-order chi connectivity index (χ0) is 16.0. The number of aliphatic hydroxyl groups is 1. The average Bonchev–Trinajstić information content (AvgIpc) is 3.02. The lowest BCUT2D eigenvalue weighted by atomic mass is 9.99. The number of hydrogen-bond acceptors (Lipinski definition) is 3. The van der Waals surface area contributed by atoms with Crippen molar-refractivity contribution in [1.82, 2.24) is 5.32 Å². The van der Waals surface area contributed by atoms with E-state index in [2.05, 4.69) is 5.32 Å². The van der Waals surface area contributed by atoms with Gasteiger partial charge in [0.15, 0.2) is 0 Å². The van der Waals surface area contributed by atoms with Gasteiger partial charge in [0.05, 0.1) is 6.54 Å². The van der Waals surface area contributed by atoms with Crippen LogP contribution in [-0.4, -0.2) is 17.6 Å². The van der Waals surface area contributed by atoms with Gasteiger partial charge in [0.1, 0.15) is 5.60 Å². The van der Waals surface area contributed by atoms with Crippen molar-refractivity contribution in [2.24, 2.45) is 0 Å². The molecule has 0 bridgehead atoms. The van der Waals surface area contributed by atoms with Gasteiger partial charge in [-0.15, -0.1) is 0 Å². The topological polar surface area (TPSA) is 49.3 Å². The number of benzene rings is 1. The molecule has 0 aliphatic heterocycles. The summed E-state index contributed by atoms with van der Waals surface area (Å²) in [5, 5.41) is 17.7. The smallest absolute Gasteiger partial charge is 0.220 e. The largest absolute Gasteiger partial charge is 0.384 e. The van der Waals surface area contributed by atoms with Gasteiger partial charge in [-0.25, -0.2) is 0 Å². The summed E-state index contributed by atoms with van der Waals surface area (Å²) in [6.45, 7) is 1.94. The minimum atomic E-state index is -1.02. The second-order valence-corrected chi connectivity index (χ2v) is 6.76. The molecule has 0 saturated heterocycles. The zero-order valence-corrected chi connectivity index (χ0v) is 14.1. The summed E-state index contributed by atoms with van der Waals surface area (Å²) in [6.07, 6.45) is 2.06. The Bertz CT molecular complexity index is 594. The molecule has 118 valence electrons. The van der Waals surface area contributed by atoms with E-state index in [-0.39, 0.29) is 12.5 Å². The number of carbonyl (C=O) groups excluding carboxylic acids is 1. The number of hydrogen-bond donors (Lipinski definition) is 2. The van der Waals surface area contributed by atoms with Crippen molar-refractivity contribution in [3.63, 3.8) is 0 Å². The minimum absolute atomic E-state index is 0.0375. The molecule has 1 unspecified atom stereocenters. The van der Waals surface area contributed by atoms with Gasteiger partial charge in [0, 0.05) is 11.4 Å². The predicted molar refractivity (Wildman–Crippen MR) is 91.3 cm³/mol. The molecular weight excluding hydrogens is 318 g/mol. The number of carbonyl (C=O) groups is 1. The Kier molecular flexibility index (Phi) is 6.00. The van der Waals surface area contributed by atoms with E-state index in [0.717, 1.165) is 23.4 Å². The molecule has 2 aromatic rings. The monoisotopic (exact) mass is 337 g/mol. The highest BCUT2D eigenvalue weighted by molar-refractivity contribution is 7.08. The Balaban J connectivity index is 1.71. The summed E-state index contributed by atoms with van der Waals surface area (Å²) < 4.78 is 0. The van der Waals surface area contributed by atoms with Crippen LogP contribution in [0.1, 0.15) is 30.9 Å². The van der Waals surface area contributed by atoms with Crippen LogP contribution in [0.3, 0.4) is 0 Å². The van der Waals surface area contributed by atoms with E-state index in [9.17, 15) is 9.90 Å². The van der Waals surface area contributed by atoms with Gasteiger partial charge in [-0.05, 0) is 59.9 Å². The molecular formula is C17H20ClNO2S. The van der Waals surface area contributed by atoms with Gasteiger partial charge in [-0.1, -0.05) is 23.7 Å². The standard InChI is InChI=1S/C17H20ClNO2S/c1-17(21,14-9-10-22-11-14)12-19-16(20)4-2-3-13-5-7-15(18)8-6-13/h5-11,21H,2-4,12H2,1H3,(H,19,20). The Morgan fingerprint density at radius 3 is 2.68 bits per heavy atom. The van der Waals surface area contributed by atoms with E-state index in [4.69, 9.17) is 11.6 Å². The van der Waals surface area contributed by atoms with Crippen molar-refractivity contribution >= 4 is 28.8 Å². The molecule has 0 saturated carbocycles. The number of amides is 1. The highest BCUT2D eigenvalue weighted by Crippen LogP contribution is 2.22. The van der Waals surface area contributed by atoms with Crippen molar-refractivity contribution in [3.8, 4) is 0 Å². The van der Waals surface area contributed by atoms with Gasteiger partial charge >= 0.3 is 0 Å². The van der Waals surface area contributed by atoms with Gasteiger partial charge in [-0.2, -0.15) is 11.3 Å². The molecule has 1 aromatic heterocycles. The Labute approximate surface area is 139 Å². The molecule has 1 atom stereocenters. The summed E-state index contributed by atoms with van der Waals surface area (Å²) in [4.78, 5) is 11.9. The Morgan fingerprint density at radius 2 is 2.05 bits per heavy atom. The minimum Gasteiger partial charge on any atom is -0.384 e. The Hall–Kier alpha value is -1.36. The van der Waals surface area contributed by atoms with Gasteiger partial charge in [-0.3, -0.25) is 4.79 Å². The first kappa shape index (κ1) is 17.0. The van der Waals surface area contributed by atoms with E-state index in [1.54, 1.807) is 6.92 Å². The van der Waals surface area contributed by atoms with E-state index in [1.165, 1.54) is 16.9 Å². The van der Waals surface area contributed by atoms with Crippen LogP contribution in [0, 0.1) is 0 Å². The molecule has 0 aliphatic rings. The van der Waals surface area contributed by atoms with Crippen LogP contribution in [0.5, 0.6) is 0 Å². The van der Waals surface area contributed by atoms with Crippen LogP contribution in [0.25, 0.3) is 0 Å². The molecule has 3 nitrogen and oxygen atoms in total. The van der Waals surface area contributed by atoms with E-state index < -0.39 is 5.60 Å². The normalized spacial score (nSPS) is 13.6. The van der Waals surface area contributed by atoms with Crippen LogP contribution >= 0.6 is 22.9 Å². The summed E-state index contributed by atoms with van der Waals surface area (Å²) in [5.41, 5.74) is 0.979. The maximum Gasteiger partial charge on any atom is 0.220 e. The first-order valence-electron chi connectivity index (χ1n) is 7.23. The lowest BCUT2D eigenvalue weighted by molar-refractivity contribution is -0.122. The lowest BCUT2D eigenvalue weighted by Gasteiger charge is -2.22. The molecule has 2 rings (SSSR count). The molecule has 1 heterocycles. The summed E-state index contributed by atoms with van der Waals surface area (Å²) in [5.74, 6) is -0.0375. The number of nitrogens with one attached hydrogen (secondary N) is 1. The average molecular weight is 338 g/mol. The first-order chi connectivity index (χ1) is 10.5. The fourth-order valence-corrected chi connectivity index (χ4v) is 3.05. The van der Waals surface area contributed by atoms with Crippen LogP contribution in [0.2, 0.25) is 5.02 Å². The Morgan fingerprint density at radius 1 is 1.32 bits per heavy atom. The molecule has 1 amide bonds. The molecule has 0 fully saturated rings. The van der Waals surface area contributed by atoms with Crippen molar-refractivity contribution in [1.29, 1.82) is 0 Å². The van der Waals surface area contributed by atoms with Gasteiger partial charge < -0.3 is 10.4 Å². The molecule has 5 heteroatoms. The molecule has 0 spiro atoms. The molecule has 2 N–H and O–H groups in total. The van der Waals surface area contributed by atoms with Crippen LogP contribution in [-0.2, 0) is 16.8 Å². The van der Waals surface area contributed by atoms with Crippen molar-refractivity contribution in [3.05, 3.63) is 57.2 Å². The summed E-state index contributed by atoms with van der Waals surface area (Å²) in [6, 6.07) is 9.53. The summed E-state index contributed by atoms with van der Waals surface area (Å²) >= 11 is 7.37. The fourth-order valence-electron chi connectivity index (χ4n) is 2.14. The van der Waals surface area contributed by atoms with E-state index >= 15 is 0 Å². The third-order valence-corrected chi connectivity index (χ3v) is 4.49. The van der Waals surface area contributed by atoms with Gasteiger partial charge in [0.25, 0.3) is 0 Å². The quantitative estimate of drug-likeness (QED) is 0.808. The van der Waals surface area contributed by atoms with Crippen molar-refractivity contribution in [2.45, 2.75) is 31.8 Å². The van der Waals surface area contributed by atoms with Gasteiger partial charge in [0.2, 0.25) is 5.91 Å². The molecule has 1 aromatic carbocycles. The third kappa shape index (κ3) is 5.13. The zero-order valence-electron chi connectivity index (χ0n) is 12.5. The molecule has 0 radical (unpaired) electrons. The molecule has 22 heavy (non-hydrogen) atoms. The number of thiophene rings is 1. The highest BCUT2D eigenvalue weighted by Gasteiger charge is 2.23. The lowest BCUT2D eigenvalue weighted by Crippen LogP contribution is -2.38. The van der Waals surface area contributed by atoms with Crippen LogP contribution in [0.4, 0.5) is 0 Å².